The molecule has 1 heterocycles. The molecule has 2 rings (SSSR count). The molecule has 0 spiro atoms. The Balaban J connectivity index is 2.45. The molecule has 94 valence electrons. The summed E-state index contributed by atoms with van der Waals surface area (Å²) in [5.74, 6) is -1.49. The summed E-state index contributed by atoms with van der Waals surface area (Å²) in [5, 5.41) is 16.5. The molecule has 7 heteroatoms. The SMILES string of the molecule is Cc1c(CC(=O)O)nnn1-c1cc(F)cc(Cl)c1. The molecule has 0 fully saturated rings. The molecule has 18 heavy (non-hydrogen) atoms. The second-order valence-corrected chi connectivity index (χ2v) is 4.17. The molecule has 0 unspecified atom stereocenters. The van der Waals surface area contributed by atoms with Crippen molar-refractivity contribution in [3.05, 3.63) is 40.4 Å². The van der Waals surface area contributed by atoms with Crippen LogP contribution in [-0.4, -0.2) is 26.1 Å². The van der Waals surface area contributed by atoms with Crippen molar-refractivity contribution in [2.75, 3.05) is 0 Å². The van der Waals surface area contributed by atoms with Gasteiger partial charge in [0.15, 0.2) is 0 Å². The van der Waals surface area contributed by atoms with E-state index in [-0.39, 0.29) is 11.4 Å². The summed E-state index contributed by atoms with van der Waals surface area (Å²) >= 11 is 5.75. The molecule has 0 saturated carbocycles. The van der Waals surface area contributed by atoms with E-state index < -0.39 is 11.8 Å². The predicted molar refractivity (Wildman–Crippen MR) is 62.4 cm³/mol. The second kappa shape index (κ2) is 4.73. The van der Waals surface area contributed by atoms with Gasteiger partial charge in [-0.2, -0.15) is 0 Å². The van der Waals surface area contributed by atoms with Gasteiger partial charge in [0.1, 0.15) is 5.82 Å². The van der Waals surface area contributed by atoms with Crippen LogP contribution in [0.25, 0.3) is 5.69 Å². The Morgan fingerprint density at radius 1 is 1.50 bits per heavy atom. The van der Waals surface area contributed by atoms with Crippen molar-refractivity contribution in [2.45, 2.75) is 13.3 Å². The second-order valence-electron chi connectivity index (χ2n) is 3.73. The van der Waals surface area contributed by atoms with E-state index in [2.05, 4.69) is 10.3 Å². The highest BCUT2D eigenvalue weighted by atomic mass is 35.5. The van der Waals surface area contributed by atoms with Gasteiger partial charge in [-0.3, -0.25) is 4.79 Å². The molecule has 1 aromatic heterocycles. The maximum Gasteiger partial charge on any atom is 0.309 e. The molecule has 0 radical (unpaired) electrons. The minimum absolute atomic E-state index is 0.227. The molecular formula is C11H9ClFN3O2. The van der Waals surface area contributed by atoms with Crippen molar-refractivity contribution in [1.82, 2.24) is 15.0 Å². The zero-order chi connectivity index (χ0) is 13.3. The van der Waals surface area contributed by atoms with Gasteiger partial charge < -0.3 is 5.11 Å². The summed E-state index contributed by atoms with van der Waals surface area (Å²) in [5.41, 5.74) is 1.28. The van der Waals surface area contributed by atoms with Gasteiger partial charge in [-0.15, -0.1) is 5.10 Å². The third kappa shape index (κ3) is 2.48. The minimum atomic E-state index is -0.998. The number of hydrogen-bond donors (Lipinski definition) is 1. The standard InChI is InChI=1S/C11H9ClFN3O2/c1-6-10(5-11(17)18)14-15-16(6)9-3-7(12)2-8(13)4-9/h2-4H,5H2,1H3,(H,17,18). The Labute approximate surface area is 107 Å². The molecule has 0 aliphatic heterocycles. The molecule has 0 amide bonds. The van der Waals surface area contributed by atoms with Gasteiger partial charge in [-0.25, -0.2) is 9.07 Å². The first-order valence-corrected chi connectivity index (χ1v) is 5.44. The van der Waals surface area contributed by atoms with E-state index in [9.17, 15) is 9.18 Å². The molecule has 1 N–H and O–H groups in total. The molecule has 5 nitrogen and oxygen atoms in total. The molecule has 0 aliphatic carbocycles. The van der Waals surface area contributed by atoms with Crippen molar-refractivity contribution in [3.63, 3.8) is 0 Å². The molecule has 2 aromatic rings. The van der Waals surface area contributed by atoms with E-state index >= 15 is 0 Å². The van der Waals surface area contributed by atoms with Crippen LogP contribution in [0.1, 0.15) is 11.4 Å². The lowest BCUT2D eigenvalue weighted by molar-refractivity contribution is -0.136. The largest absolute Gasteiger partial charge is 0.481 e. The average molecular weight is 270 g/mol. The highest BCUT2D eigenvalue weighted by molar-refractivity contribution is 6.30. The molecular weight excluding hydrogens is 261 g/mol. The number of aromatic nitrogens is 3. The summed E-state index contributed by atoms with van der Waals surface area (Å²) in [7, 11) is 0. The first-order chi connectivity index (χ1) is 8.47. The van der Waals surface area contributed by atoms with Gasteiger partial charge in [0.05, 0.1) is 23.5 Å². The van der Waals surface area contributed by atoms with Crippen LogP contribution in [0.5, 0.6) is 0 Å². The number of nitrogens with zero attached hydrogens (tertiary/aromatic N) is 3. The van der Waals surface area contributed by atoms with Crippen LogP contribution in [0.15, 0.2) is 18.2 Å². The molecule has 0 bridgehead atoms. The zero-order valence-electron chi connectivity index (χ0n) is 9.39. The first kappa shape index (κ1) is 12.5. The topological polar surface area (TPSA) is 68.0 Å². The van der Waals surface area contributed by atoms with Crippen LogP contribution in [-0.2, 0) is 11.2 Å². The molecule has 1 aromatic carbocycles. The van der Waals surface area contributed by atoms with E-state index in [0.29, 0.717) is 17.1 Å². The first-order valence-electron chi connectivity index (χ1n) is 5.07. The summed E-state index contributed by atoms with van der Waals surface area (Å²) in [6.45, 7) is 1.66. The number of carbonyl (C=O) groups is 1. The summed E-state index contributed by atoms with van der Waals surface area (Å²) < 4.78 is 14.6. The average Bonchev–Trinajstić information content (AvgIpc) is 2.58. The van der Waals surface area contributed by atoms with Crippen molar-refractivity contribution in [1.29, 1.82) is 0 Å². The summed E-state index contributed by atoms with van der Waals surface area (Å²) in [6.07, 6.45) is -0.227. The van der Waals surface area contributed by atoms with Crippen LogP contribution >= 0.6 is 11.6 Å². The highest BCUT2D eigenvalue weighted by Crippen LogP contribution is 2.19. The van der Waals surface area contributed by atoms with Crippen molar-refractivity contribution in [3.8, 4) is 5.69 Å². The summed E-state index contributed by atoms with van der Waals surface area (Å²) in [6, 6.07) is 3.95. The van der Waals surface area contributed by atoms with Crippen LogP contribution in [0.3, 0.4) is 0 Å². The molecule has 0 aliphatic rings. The summed E-state index contributed by atoms with van der Waals surface area (Å²) in [4.78, 5) is 10.6. The number of hydrogen-bond acceptors (Lipinski definition) is 3. The fraction of sp³-hybridized carbons (Fsp3) is 0.182. The van der Waals surface area contributed by atoms with Crippen molar-refractivity contribution < 1.29 is 14.3 Å². The van der Waals surface area contributed by atoms with Crippen LogP contribution in [0.2, 0.25) is 5.02 Å². The molecule has 0 atom stereocenters. The van der Waals surface area contributed by atoms with Gasteiger partial charge in [-0.05, 0) is 25.1 Å². The maximum atomic E-state index is 13.2. The Bertz CT molecular complexity index is 592. The van der Waals surface area contributed by atoms with Crippen molar-refractivity contribution in [2.24, 2.45) is 0 Å². The molecule has 0 saturated heterocycles. The number of rotatable bonds is 3. The fourth-order valence-corrected chi connectivity index (χ4v) is 1.79. The van der Waals surface area contributed by atoms with Gasteiger partial charge in [0, 0.05) is 5.02 Å². The lowest BCUT2D eigenvalue weighted by Gasteiger charge is -2.04. The van der Waals surface area contributed by atoms with Crippen LogP contribution in [0.4, 0.5) is 4.39 Å². The Morgan fingerprint density at radius 2 is 2.22 bits per heavy atom. The lowest BCUT2D eigenvalue weighted by Crippen LogP contribution is -2.04. The Hall–Kier alpha value is -1.95. The number of carboxylic acid groups (broad SMARTS) is 1. The van der Waals surface area contributed by atoms with Gasteiger partial charge in [-0.1, -0.05) is 16.8 Å². The van der Waals surface area contributed by atoms with E-state index in [1.54, 1.807) is 6.92 Å². The van der Waals surface area contributed by atoms with Crippen molar-refractivity contribution >= 4 is 17.6 Å². The van der Waals surface area contributed by atoms with E-state index in [4.69, 9.17) is 16.7 Å². The number of halogens is 2. The number of carboxylic acids is 1. The number of benzene rings is 1. The maximum absolute atomic E-state index is 13.2. The smallest absolute Gasteiger partial charge is 0.309 e. The zero-order valence-corrected chi connectivity index (χ0v) is 10.1. The van der Waals surface area contributed by atoms with E-state index in [0.717, 1.165) is 0 Å². The van der Waals surface area contributed by atoms with E-state index in [1.165, 1.54) is 22.9 Å². The van der Waals surface area contributed by atoms with Crippen LogP contribution in [0, 0.1) is 12.7 Å². The van der Waals surface area contributed by atoms with E-state index in [1.807, 2.05) is 0 Å². The minimum Gasteiger partial charge on any atom is -0.481 e. The fourth-order valence-electron chi connectivity index (χ4n) is 1.57. The van der Waals surface area contributed by atoms with Crippen LogP contribution < -0.4 is 0 Å². The van der Waals surface area contributed by atoms with Gasteiger partial charge in [0.25, 0.3) is 0 Å². The third-order valence-electron chi connectivity index (χ3n) is 2.40. The Kier molecular flexibility index (Phi) is 3.29. The lowest BCUT2D eigenvalue weighted by atomic mass is 10.2. The Morgan fingerprint density at radius 3 is 2.83 bits per heavy atom. The quantitative estimate of drug-likeness (QED) is 0.925. The highest BCUT2D eigenvalue weighted by Gasteiger charge is 2.13. The predicted octanol–water partition coefficient (Wildman–Crippen LogP) is 2.00. The monoisotopic (exact) mass is 269 g/mol. The van der Waals surface area contributed by atoms with Gasteiger partial charge >= 0.3 is 5.97 Å². The normalized spacial score (nSPS) is 10.6. The van der Waals surface area contributed by atoms with Gasteiger partial charge in [0.2, 0.25) is 0 Å². The third-order valence-corrected chi connectivity index (χ3v) is 2.62. The number of aliphatic carboxylic acids is 1.